The fourth-order valence-corrected chi connectivity index (χ4v) is 4.41. The van der Waals surface area contributed by atoms with Crippen LogP contribution < -0.4 is 15.4 Å². The van der Waals surface area contributed by atoms with Gasteiger partial charge >= 0.3 is 0 Å². The van der Waals surface area contributed by atoms with Crippen LogP contribution in [0.15, 0.2) is 29.3 Å². The van der Waals surface area contributed by atoms with Gasteiger partial charge < -0.3 is 25.2 Å². The molecule has 2 aliphatic rings. The Kier molecular flexibility index (Phi) is 12.2. The van der Waals surface area contributed by atoms with E-state index in [2.05, 4.69) is 39.5 Å². The Morgan fingerprint density at radius 2 is 1.82 bits per heavy atom. The second kappa shape index (κ2) is 14.3. The molecule has 188 valence electrons. The minimum absolute atomic E-state index is 0. The molecule has 1 aromatic carbocycles. The van der Waals surface area contributed by atoms with Crippen LogP contribution in [0.4, 0.5) is 0 Å². The monoisotopic (exact) mass is 575 g/mol. The molecule has 3 N–H and O–H groups in total. The van der Waals surface area contributed by atoms with Crippen LogP contribution in [0.3, 0.4) is 0 Å². The first-order valence-electron chi connectivity index (χ1n) is 11.9. The minimum atomic E-state index is -0.885. The quantitative estimate of drug-likeness (QED) is 0.224. The fraction of sp³-hybridized carbons (Fsp3) is 0.708. The van der Waals surface area contributed by atoms with Gasteiger partial charge in [0.05, 0.1) is 38.5 Å². The number of hydrogen-bond donors (Lipinski definition) is 3. The van der Waals surface area contributed by atoms with Gasteiger partial charge in [-0.25, -0.2) is 0 Å². The molecule has 2 fully saturated rings. The van der Waals surface area contributed by atoms with Gasteiger partial charge in [-0.3, -0.25) is 14.8 Å². The number of likely N-dealkylation sites (tertiary alicyclic amines) is 1. The Bertz CT molecular complexity index is 705. The Morgan fingerprint density at radius 3 is 2.42 bits per heavy atom. The van der Waals surface area contributed by atoms with Gasteiger partial charge in [-0.15, -0.1) is 24.0 Å². The molecule has 2 unspecified atom stereocenters. The second-order valence-electron chi connectivity index (χ2n) is 8.99. The number of rotatable bonds is 10. The summed E-state index contributed by atoms with van der Waals surface area (Å²) < 4.78 is 10.7. The van der Waals surface area contributed by atoms with Crippen molar-refractivity contribution in [3.8, 4) is 5.75 Å². The maximum Gasteiger partial charge on any atom is 0.191 e. The molecule has 0 amide bonds. The minimum Gasteiger partial charge on any atom is -0.497 e. The number of aliphatic hydroxyl groups is 1. The number of β-amino-alcohol motifs (C(OH)–C–C–N with tert-alkyl or cyclic N) is 1. The number of guanidine groups is 1. The maximum atomic E-state index is 10.9. The average molecular weight is 576 g/mol. The number of benzene rings is 1. The van der Waals surface area contributed by atoms with Gasteiger partial charge in [0.1, 0.15) is 5.75 Å². The zero-order chi connectivity index (χ0) is 22.8. The lowest BCUT2D eigenvalue weighted by atomic mass is 10.1. The van der Waals surface area contributed by atoms with E-state index < -0.39 is 5.60 Å². The number of nitrogens with one attached hydrogen (secondary N) is 2. The highest BCUT2D eigenvalue weighted by atomic mass is 127. The highest BCUT2D eigenvalue weighted by Gasteiger charge is 2.26. The third-order valence-electron chi connectivity index (χ3n) is 6.13. The van der Waals surface area contributed by atoms with Crippen LogP contribution in [0.5, 0.6) is 5.75 Å². The van der Waals surface area contributed by atoms with E-state index in [1.54, 1.807) is 7.11 Å². The first kappa shape index (κ1) is 28.1. The van der Waals surface area contributed by atoms with E-state index in [1.807, 2.05) is 19.1 Å². The Hall–Kier alpha value is -1.14. The van der Waals surface area contributed by atoms with Crippen LogP contribution in [0.2, 0.25) is 0 Å². The van der Waals surface area contributed by atoms with Gasteiger partial charge in [0.25, 0.3) is 0 Å². The van der Waals surface area contributed by atoms with Crippen molar-refractivity contribution in [2.24, 2.45) is 4.99 Å². The highest BCUT2D eigenvalue weighted by Crippen LogP contribution is 2.26. The van der Waals surface area contributed by atoms with E-state index in [9.17, 15) is 5.11 Å². The smallest absolute Gasteiger partial charge is 0.191 e. The number of aliphatic imine (C=N–C) groups is 1. The summed E-state index contributed by atoms with van der Waals surface area (Å²) in [5.74, 6) is 1.62. The number of halogens is 1. The molecule has 0 spiro atoms. The van der Waals surface area contributed by atoms with Crippen LogP contribution in [0.1, 0.15) is 38.3 Å². The Balaban J connectivity index is 0.00000385. The summed E-state index contributed by atoms with van der Waals surface area (Å²) in [7, 11) is 1.70. The van der Waals surface area contributed by atoms with Crippen LogP contribution in [-0.2, 0) is 4.74 Å². The zero-order valence-corrected chi connectivity index (χ0v) is 22.7. The zero-order valence-electron chi connectivity index (χ0n) is 20.4. The van der Waals surface area contributed by atoms with Gasteiger partial charge in [-0.2, -0.15) is 0 Å². The average Bonchev–Trinajstić information content (AvgIpc) is 3.33. The molecular weight excluding hydrogens is 533 g/mol. The summed E-state index contributed by atoms with van der Waals surface area (Å²) >= 11 is 0. The lowest BCUT2D eigenvalue weighted by molar-refractivity contribution is -0.0180. The number of ether oxygens (including phenoxy) is 2. The molecule has 0 saturated carbocycles. The van der Waals surface area contributed by atoms with Gasteiger partial charge in [0.2, 0.25) is 0 Å². The third kappa shape index (κ3) is 9.20. The highest BCUT2D eigenvalue weighted by molar-refractivity contribution is 14.0. The van der Waals surface area contributed by atoms with Gasteiger partial charge in [0.15, 0.2) is 5.96 Å². The summed E-state index contributed by atoms with van der Waals surface area (Å²) in [5.41, 5.74) is 0.389. The third-order valence-corrected chi connectivity index (χ3v) is 6.13. The molecule has 0 aromatic heterocycles. The van der Waals surface area contributed by atoms with Crippen LogP contribution in [0, 0.1) is 0 Å². The predicted molar refractivity (Wildman–Crippen MR) is 144 cm³/mol. The molecule has 0 radical (unpaired) electrons. The predicted octanol–water partition coefficient (Wildman–Crippen LogP) is 2.09. The molecule has 9 heteroatoms. The van der Waals surface area contributed by atoms with Crippen LogP contribution in [0.25, 0.3) is 0 Å². The molecule has 1 aromatic rings. The molecule has 2 saturated heterocycles. The Morgan fingerprint density at radius 1 is 1.15 bits per heavy atom. The summed E-state index contributed by atoms with van der Waals surface area (Å²) in [6.07, 6.45) is 2.48. The lowest BCUT2D eigenvalue weighted by Gasteiger charge is -2.33. The summed E-state index contributed by atoms with van der Waals surface area (Å²) in [6.45, 7) is 11.8. The molecule has 2 atom stereocenters. The van der Waals surface area contributed by atoms with Crippen LogP contribution >= 0.6 is 24.0 Å². The summed E-state index contributed by atoms with van der Waals surface area (Å²) in [6, 6.07) is 8.63. The molecule has 0 bridgehead atoms. The number of nitrogens with zero attached hydrogens (tertiary/aromatic N) is 3. The molecule has 8 nitrogen and oxygen atoms in total. The van der Waals surface area contributed by atoms with E-state index in [0.29, 0.717) is 13.1 Å². The van der Waals surface area contributed by atoms with E-state index in [4.69, 9.17) is 14.5 Å². The van der Waals surface area contributed by atoms with Gasteiger partial charge in [0, 0.05) is 32.7 Å². The molecule has 0 aliphatic carbocycles. The number of hydrogen-bond acceptors (Lipinski definition) is 6. The van der Waals surface area contributed by atoms with Crippen molar-refractivity contribution in [2.75, 3.05) is 72.7 Å². The maximum absolute atomic E-state index is 10.9. The molecule has 2 aliphatic heterocycles. The SMILES string of the molecule is CCNC(=NCC(C)(O)CN1CCOCC1)NCC(c1ccc(OC)cc1)N1CCCC1.I. The first-order chi connectivity index (χ1) is 15.5. The lowest BCUT2D eigenvalue weighted by Crippen LogP contribution is -2.48. The standard InChI is InChI=1S/C24H41N5O3.HI/c1-4-25-23(27-18-24(2,30)19-28-13-15-32-16-14-28)26-17-22(29-11-5-6-12-29)20-7-9-21(31-3)10-8-20;/h7-10,22,30H,4-6,11-19H2,1-3H3,(H2,25,26,27);1H. The Labute approximate surface area is 216 Å². The van der Waals surface area contributed by atoms with Gasteiger partial charge in [-0.05, 0) is 57.5 Å². The van der Waals surface area contributed by atoms with Crippen molar-refractivity contribution < 1.29 is 14.6 Å². The first-order valence-corrected chi connectivity index (χ1v) is 11.9. The van der Waals surface area contributed by atoms with E-state index >= 15 is 0 Å². The fourth-order valence-electron chi connectivity index (χ4n) is 4.41. The molecule has 33 heavy (non-hydrogen) atoms. The van der Waals surface area contributed by atoms with Crippen molar-refractivity contribution in [3.05, 3.63) is 29.8 Å². The topological polar surface area (TPSA) is 81.6 Å². The summed E-state index contributed by atoms with van der Waals surface area (Å²) in [4.78, 5) is 9.50. The van der Waals surface area contributed by atoms with E-state index in [-0.39, 0.29) is 30.0 Å². The molecule has 3 rings (SSSR count). The van der Waals surface area contributed by atoms with Crippen LogP contribution in [-0.4, -0.2) is 99.1 Å². The van der Waals surface area contributed by atoms with E-state index in [0.717, 1.165) is 64.2 Å². The van der Waals surface area contributed by atoms with E-state index in [1.165, 1.54) is 18.4 Å². The normalized spacial score (nSPS) is 20.5. The molecule has 2 heterocycles. The summed E-state index contributed by atoms with van der Waals surface area (Å²) in [5, 5.41) is 17.7. The number of methoxy groups -OCH3 is 1. The van der Waals surface area contributed by atoms with Gasteiger partial charge in [-0.1, -0.05) is 12.1 Å². The van der Waals surface area contributed by atoms with Crippen molar-refractivity contribution >= 4 is 29.9 Å². The van der Waals surface area contributed by atoms with Crippen molar-refractivity contribution in [1.29, 1.82) is 0 Å². The largest absolute Gasteiger partial charge is 0.497 e. The number of morpholine rings is 1. The van der Waals surface area contributed by atoms with Crippen molar-refractivity contribution in [1.82, 2.24) is 20.4 Å². The molecular formula is C24H42IN5O3. The van der Waals surface area contributed by atoms with Crippen molar-refractivity contribution in [2.45, 2.75) is 38.3 Å². The van der Waals surface area contributed by atoms with Crippen molar-refractivity contribution in [3.63, 3.8) is 0 Å². The second-order valence-corrected chi connectivity index (χ2v) is 8.99.